The van der Waals surface area contributed by atoms with Crippen molar-refractivity contribution in [1.29, 1.82) is 0 Å². The molecule has 9 heteroatoms. The van der Waals surface area contributed by atoms with Crippen molar-refractivity contribution >= 4 is 21.6 Å². The summed E-state index contributed by atoms with van der Waals surface area (Å²) in [5, 5.41) is 2.88. The van der Waals surface area contributed by atoms with E-state index in [0.717, 1.165) is 16.7 Å². The van der Waals surface area contributed by atoms with Gasteiger partial charge in [0.25, 0.3) is 0 Å². The predicted molar refractivity (Wildman–Crippen MR) is 122 cm³/mol. The molecule has 32 heavy (non-hydrogen) atoms. The molecule has 174 valence electrons. The Hall–Kier alpha value is -2.49. The van der Waals surface area contributed by atoms with Crippen LogP contribution in [0.4, 0.5) is 5.69 Å². The number of aryl methyl sites for hydroxylation is 3. The van der Waals surface area contributed by atoms with Gasteiger partial charge in [0.2, 0.25) is 21.8 Å². The minimum Gasteiger partial charge on any atom is -0.474 e. The number of nitrogens with one attached hydrogen (secondary N) is 1. The van der Waals surface area contributed by atoms with E-state index in [-0.39, 0.29) is 11.8 Å². The van der Waals surface area contributed by atoms with E-state index in [4.69, 9.17) is 9.47 Å². The maximum Gasteiger partial charge on any atom is 0.243 e. The van der Waals surface area contributed by atoms with E-state index in [0.29, 0.717) is 55.6 Å². The third kappa shape index (κ3) is 5.46. The molecule has 1 N–H and O–H groups in total. The van der Waals surface area contributed by atoms with Crippen LogP contribution in [-0.4, -0.2) is 57.0 Å². The number of aromatic nitrogens is 1. The van der Waals surface area contributed by atoms with E-state index < -0.39 is 10.0 Å². The van der Waals surface area contributed by atoms with Gasteiger partial charge < -0.3 is 14.8 Å². The second-order valence-electron chi connectivity index (χ2n) is 8.09. The molecule has 0 bridgehead atoms. The van der Waals surface area contributed by atoms with Crippen molar-refractivity contribution in [2.75, 3.05) is 38.7 Å². The average Bonchev–Trinajstić information content (AvgIpc) is 2.74. The second-order valence-corrected chi connectivity index (χ2v) is 9.97. The number of pyridine rings is 1. The van der Waals surface area contributed by atoms with Crippen LogP contribution in [0.15, 0.2) is 35.4 Å². The van der Waals surface area contributed by atoms with Crippen molar-refractivity contribution in [2.45, 2.75) is 38.5 Å². The predicted octanol–water partition coefficient (Wildman–Crippen LogP) is 3.07. The third-order valence-corrected chi connectivity index (χ3v) is 7.79. The minimum atomic E-state index is -3.61. The monoisotopic (exact) mass is 461 g/mol. The van der Waals surface area contributed by atoms with E-state index in [1.807, 2.05) is 32.9 Å². The molecule has 2 heterocycles. The van der Waals surface area contributed by atoms with E-state index in [1.54, 1.807) is 25.4 Å². The zero-order valence-corrected chi connectivity index (χ0v) is 19.9. The van der Waals surface area contributed by atoms with E-state index in [1.165, 1.54) is 4.31 Å². The number of anilines is 1. The molecule has 2 aromatic rings. The van der Waals surface area contributed by atoms with Gasteiger partial charge >= 0.3 is 0 Å². The van der Waals surface area contributed by atoms with Crippen molar-refractivity contribution in [3.8, 4) is 5.88 Å². The Balaban J connectivity index is 1.64. The van der Waals surface area contributed by atoms with Gasteiger partial charge in [0.15, 0.2) is 0 Å². The summed E-state index contributed by atoms with van der Waals surface area (Å²) in [6, 6.07) is 7.23. The highest BCUT2D eigenvalue weighted by Crippen LogP contribution is 2.30. The molecule has 0 atom stereocenters. The highest BCUT2D eigenvalue weighted by atomic mass is 32.2. The number of amides is 1. The van der Waals surface area contributed by atoms with Crippen LogP contribution >= 0.6 is 0 Å². The minimum absolute atomic E-state index is 0.158. The van der Waals surface area contributed by atoms with Gasteiger partial charge in [0, 0.05) is 32.3 Å². The molecule has 0 spiro atoms. The summed E-state index contributed by atoms with van der Waals surface area (Å²) in [6.07, 6.45) is 2.50. The normalized spacial score (nSPS) is 15.5. The summed E-state index contributed by atoms with van der Waals surface area (Å²) >= 11 is 0. The van der Waals surface area contributed by atoms with E-state index in [9.17, 15) is 13.2 Å². The summed E-state index contributed by atoms with van der Waals surface area (Å²) in [6.45, 7) is 6.95. The fourth-order valence-electron chi connectivity index (χ4n) is 4.12. The Morgan fingerprint density at radius 3 is 2.44 bits per heavy atom. The molecule has 8 nitrogen and oxygen atoms in total. The Morgan fingerprint density at radius 2 is 1.81 bits per heavy atom. The number of piperidine rings is 1. The SMILES string of the molecule is COCCOc1ncccc1NC(=O)C1CCN(S(=O)(=O)c2c(C)cc(C)cc2C)CC1. The molecule has 1 saturated heterocycles. The number of nitrogens with zero attached hydrogens (tertiary/aromatic N) is 2. The van der Waals surface area contributed by atoms with Gasteiger partial charge in [0.1, 0.15) is 12.3 Å². The summed E-state index contributed by atoms with van der Waals surface area (Å²) < 4.78 is 38.6. The first-order valence-electron chi connectivity index (χ1n) is 10.7. The van der Waals surface area contributed by atoms with Crippen LogP contribution in [0, 0.1) is 26.7 Å². The highest BCUT2D eigenvalue weighted by Gasteiger charge is 2.34. The molecule has 0 saturated carbocycles. The van der Waals surface area contributed by atoms with E-state index >= 15 is 0 Å². The number of hydrogen-bond donors (Lipinski definition) is 1. The summed E-state index contributed by atoms with van der Waals surface area (Å²) in [4.78, 5) is 17.4. The molecule has 1 fully saturated rings. The molecule has 0 aliphatic carbocycles. The molecule has 1 aromatic carbocycles. The molecular formula is C23H31N3O5S. The number of sulfonamides is 1. The van der Waals surface area contributed by atoms with Crippen LogP contribution in [0.2, 0.25) is 0 Å². The van der Waals surface area contributed by atoms with Crippen LogP contribution in [0.25, 0.3) is 0 Å². The lowest BCUT2D eigenvalue weighted by Crippen LogP contribution is -2.41. The Kier molecular flexibility index (Phi) is 7.86. The molecule has 1 aliphatic heterocycles. The van der Waals surface area contributed by atoms with Crippen molar-refractivity contribution in [3.63, 3.8) is 0 Å². The smallest absolute Gasteiger partial charge is 0.243 e. The van der Waals surface area contributed by atoms with E-state index in [2.05, 4.69) is 10.3 Å². The first-order valence-corrected chi connectivity index (χ1v) is 12.1. The number of hydrogen-bond acceptors (Lipinski definition) is 6. The second kappa shape index (κ2) is 10.4. The summed E-state index contributed by atoms with van der Waals surface area (Å²) in [5.41, 5.74) is 3.03. The summed E-state index contributed by atoms with van der Waals surface area (Å²) in [7, 11) is -2.03. The van der Waals surface area contributed by atoms with Crippen LogP contribution in [-0.2, 0) is 19.6 Å². The van der Waals surface area contributed by atoms with Gasteiger partial charge in [-0.05, 0) is 56.9 Å². The fraction of sp³-hybridized carbons (Fsp3) is 0.478. The zero-order valence-electron chi connectivity index (χ0n) is 19.1. The number of ether oxygens (including phenoxy) is 2. The zero-order chi connectivity index (χ0) is 23.3. The molecule has 1 amide bonds. The van der Waals surface area contributed by atoms with Crippen LogP contribution < -0.4 is 10.1 Å². The van der Waals surface area contributed by atoms with Gasteiger partial charge in [0.05, 0.1) is 11.5 Å². The number of rotatable bonds is 8. The number of benzene rings is 1. The number of carbonyl (C=O) groups is 1. The topological polar surface area (TPSA) is 97.8 Å². The van der Waals surface area contributed by atoms with Gasteiger partial charge in [-0.25, -0.2) is 13.4 Å². The van der Waals surface area contributed by atoms with Crippen LogP contribution in [0.1, 0.15) is 29.5 Å². The van der Waals surface area contributed by atoms with Crippen molar-refractivity contribution in [2.24, 2.45) is 5.92 Å². The van der Waals surface area contributed by atoms with Crippen LogP contribution in [0.3, 0.4) is 0 Å². The lowest BCUT2D eigenvalue weighted by Gasteiger charge is -2.31. The fourth-order valence-corrected chi connectivity index (χ4v) is 6.00. The molecule has 3 rings (SSSR count). The van der Waals surface area contributed by atoms with Crippen molar-refractivity contribution < 1.29 is 22.7 Å². The quantitative estimate of drug-likeness (QED) is 0.607. The van der Waals surface area contributed by atoms with Gasteiger partial charge in [-0.1, -0.05) is 17.7 Å². The lowest BCUT2D eigenvalue weighted by atomic mass is 9.97. The maximum atomic E-state index is 13.3. The Morgan fingerprint density at radius 1 is 1.16 bits per heavy atom. The summed E-state index contributed by atoms with van der Waals surface area (Å²) in [5.74, 6) is -0.105. The molecular weight excluding hydrogens is 430 g/mol. The third-order valence-electron chi connectivity index (χ3n) is 5.58. The van der Waals surface area contributed by atoms with Crippen molar-refractivity contribution in [1.82, 2.24) is 9.29 Å². The van der Waals surface area contributed by atoms with Crippen LogP contribution in [0.5, 0.6) is 5.88 Å². The van der Waals surface area contributed by atoms with Gasteiger partial charge in [-0.3, -0.25) is 4.79 Å². The molecule has 1 aromatic heterocycles. The molecule has 0 unspecified atom stereocenters. The Bertz CT molecular complexity index is 1040. The molecule has 1 aliphatic rings. The van der Waals surface area contributed by atoms with Gasteiger partial charge in [-0.2, -0.15) is 4.31 Å². The first-order chi connectivity index (χ1) is 15.2. The molecule has 0 radical (unpaired) electrons. The standard InChI is InChI=1S/C23H31N3O5S/c1-16-14-17(2)21(18(3)15-16)32(28,29)26-10-7-19(8-11-26)22(27)25-20-6-5-9-24-23(20)31-13-12-30-4/h5-6,9,14-15,19H,7-8,10-13H2,1-4H3,(H,25,27). The lowest BCUT2D eigenvalue weighted by molar-refractivity contribution is -0.120. The number of carbonyl (C=O) groups excluding carboxylic acids is 1. The van der Waals surface area contributed by atoms with Gasteiger partial charge in [-0.15, -0.1) is 0 Å². The maximum absolute atomic E-state index is 13.3. The highest BCUT2D eigenvalue weighted by molar-refractivity contribution is 7.89. The van der Waals surface area contributed by atoms with Crippen molar-refractivity contribution in [3.05, 3.63) is 47.2 Å². The number of methoxy groups -OCH3 is 1. The Labute approximate surface area is 190 Å². The average molecular weight is 462 g/mol. The first kappa shape index (κ1) is 24.2. The largest absolute Gasteiger partial charge is 0.474 e.